The van der Waals surface area contributed by atoms with E-state index in [1.54, 1.807) is 26.8 Å². The fraction of sp³-hybridized carbons (Fsp3) is 0.643. The van der Waals surface area contributed by atoms with Crippen molar-refractivity contribution >= 4 is 18.1 Å². The first kappa shape index (κ1) is 27.9. The summed E-state index contributed by atoms with van der Waals surface area (Å²) < 4.78 is 5.05. The Morgan fingerprint density at radius 2 is 1.50 bits per heavy atom. The van der Waals surface area contributed by atoms with Gasteiger partial charge in [0.25, 0.3) is 0 Å². The maximum atomic E-state index is 11.6. The van der Waals surface area contributed by atoms with Gasteiger partial charge in [-0.05, 0) is 58.4 Å². The molecule has 1 atom stereocenters. The first-order valence-corrected chi connectivity index (χ1v) is 12.9. The molecule has 2 aliphatic rings. The van der Waals surface area contributed by atoms with Crippen LogP contribution in [0, 0.1) is 0 Å². The lowest BCUT2D eigenvalue weighted by molar-refractivity contribution is -0.139. The van der Waals surface area contributed by atoms with E-state index in [2.05, 4.69) is 10.6 Å². The van der Waals surface area contributed by atoms with E-state index in [4.69, 9.17) is 9.84 Å². The number of carboxylic acid groups (broad SMARTS) is 1. The second kappa shape index (κ2) is 14.8. The molecule has 1 aromatic carbocycles. The summed E-state index contributed by atoms with van der Waals surface area (Å²) in [5.41, 5.74) is 0.312. The van der Waals surface area contributed by atoms with Crippen molar-refractivity contribution in [3.63, 3.8) is 0 Å². The lowest BCUT2D eigenvalue weighted by Crippen LogP contribution is -2.43. The Bertz CT molecular complexity index is 729. The van der Waals surface area contributed by atoms with Gasteiger partial charge in [-0.3, -0.25) is 0 Å². The van der Waals surface area contributed by atoms with Gasteiger partial charge in [0.05, 0.1) is 0 Å². The molecule has 0 spiro atoms. The molecule has 0 unspecified atom stereocenters. The van der Waals surface area contributed by atoms with Crippen molar-refractivity contribution in [2.45, 2.75) is 115 Å². The molecule has 0 radical (unpaired) electrons. The number of benzene rings is 1. The lowest BCUT2D eigenvalue weighted by atomic mass is 9.91. The summed E-state index contributed by atoms with van der Waals surface area (Å²) in [4.78, 5) is 22.7. The van der Waals surface area contributed by atoms with Gasteiger partial charge < -0.3 is 20.5 Å². The third-order valence-corrected chi connectivity index (χ3v) is 6.15. The number of aliphatic carboxylic acids is 1. The first-order valence-electron chi connectivity index (χ1n) is 12.9. The van der Waals surface area contributed by atoms with Crippen LogP contribution in [0.2, 0.25) is 0 Å². The molecule has 1 amide bonds. The van der Waals surface area contributed by atoms with Gasteiger partial charge in [0, 0.05) is 12.1 Å². The van der Waals surface area contributed by atoms with Crippen molar-refractivity contribution in [2.75, 3.05) is 0 Å². The predicted octanol–water partition coefficient (Wildman–Crippen LogP) is 6.31. The molecule has 3 rings (SSSR count). The third kappa shape index (κ3) is 12.2. The normalized spacial score (nSPS) is 18.6. The smallest absolute Gasteiger partial charge is 0.408 e. The minimum atomic E-state index is -1.10. The van der Waals surface area contributed by atoms with Crippen molar-refractivity contribution < 1.29 is 19.4 Å². The Kier molecular flexibility index (Phi) is 12.2. The maximum Gasteiger partial charge on any atom is 0.408 e. The van der Waals surface area contributed by atoms with E-state index >= 15 is 0 Å². The predicted molar refractivity (Wildman–Crippen MR) is 138 cm³/mol. The Morgan fingerprint density at radius 3 is 1.97 bits per heavy atom. The van der Waals surface area contributed by atoms with Gasteiger partial charge in [0.1, 0.15) is 11.6 Å². The van der Waals surface area contributed by atoms with E-state index in [9.17, 15) is 9.59 Å². The quantitative estimate of drug-likeness (QED) is 0.433. The Morgan fingerprint density at radius 1 is 0.971 bits per heavy atom. The van der Waals surface area contributed by atoms with Crippen LogP contribution in [0.3, 0.4) is 0 Å². The molecule has 0 aromatic heterocycles. The molecular formula is C28H44N2O4. The third-order valence-electron chi connectivity index (χ3n) is 6.15. The number of amides is 1. The molecule has 0 saturated heterocycles. The lowest BCUT2D eigenvalue weighted by Gasteiger charge is -2.30. The van der Waals surface area contributed by atoms with Gasteiger partial charge in [-0.25, -0.2) is 9.59 Å². The summed E-state index contributed by atoms with van der Waals surface area (Å²) >= 11 is 0. The molecule has 3 N–H and O–H groups in total. The van der Waals surface area contributed by atoms with Crippen molar-refractivity contribution in [1.82, 2.24) is 10.6 Å². The number of carbonyl (C=O) groups is 2. The summed E-state index contributed by atoms with van der Waals surface area (Å²) in [5, 5.41) is 15.3. The van der Waals surface area contributed by atoms with Gasteiger partial charge >= 0.3 is 12.1 Å². The monoisotopic (exact) mass is 472 g/mol. The minimum Gasteiger partial charge on any atom is -0.480 e. The summed E-state index contributed by atoms with van der Waals surface area (Å²) in [7, 11) is 0. The number of rotatable bonds is 7. The average molecular weight is 473 g/mol. The second-order valence-electron chi connectivity index (χ2n) is 10.4. The maximum absolute atomic E-state index is 11.6. The van der Waals surface area contributed by atoms with Gasteiger partial charge in [0.2, 0.25) is 0 Å². The molecular weight excluding hydrogens is 428 g/mol. The molecule has 0 heterocycles. The fourth-order valence-corrected chi connectivity index (χ4v) is 4.45. The zero-order valence-corrected chi connectivity index (χ0v) is 21.2. The number of hydrogen-bond acceptors (Lipinski definition) is 4. The Hall–Kier alpha value is -2.34. The highest BCUT2D eigenvalue weighted by atomic mass is 16.6. The Balaban J connectivity index is 0.000000266. The van der Waals surface area contributed by atoms with Gasteiger partial charge in [-0.1, -0.05) is 81.0 Å². The summed E-state index contributed by atoms with van der Waals surface area (Å²) in [6, 6.07) is 10.2. The van der Waals surface area contributed by atoms with Crippen LogP contribution in [-0.4, -0.2) is 40.9 Å². The van der Waals surface area contributed by atoms with E-state index < -0.39 is 23.7 Å². The van der Waals surface area contributed by atoms with E-state index in [1.165, 1.54) is 64.2 Å². The largest absolute Gasteiger partial charge is 0.480 e. The van der Waals surface area contributed by atoms with Crippen LogP contribution in [0.25, 0.3) is 6.08 Å². The van der Waals surface area contributed by atoms with Crippen molar-refractivity contribution in [3.8, 4) is 0 Å². The highest BCUT2D eigenvalue weighted by Crippen LogP contribution is 2.22. The van der Waals surface area contributed by atoms with E-state index in [1.807, 2.05) is 36.4 Å². The highest BCUT2D eigenvalue weighted by molar-refractivity contribution is 5.80. The van der Waals surface area contributed by atoms with Crippen LogP contribution in [-0.2, 0) is 9.53 Å². The molecule has 2 fully saturated rings. The molecule has 0 bridgehead atoms. The topological polar surface area (TPSA) is 87.7 Å². The Labute approximate surface area is 205 Å². The summed E-state index contributed by atoms with van der Waals surface area (Å²) in [6.07, 6.45) is 17.5. The van der Waals surface area contributed by atoms with Crippen molar-refractivity contribution in [3.05, 3.63) is 42.0 Å². The highest BCUT2D eigenvalue weighted by Gasteiger charge is 2.23. The number of alkyl carbamates (subject to hydrolysis) is 1. The van der Waals surface area contributed by atoms with Crippen LogP contribution in [0.15, 0.2) is 36.4 Å². The number of carboxylic acids is 1. The summed E-state index contributed by atoms with van der Waals surface area (Å²) in [5.74, 6) is -1.10. The van der Waals surface area contributed by atoms with E-state index in [0.29, 0.717) is 0 Å². The molecule has 190 valence electrons. The van der Waals surface area contributed by atoms with Crippen LogP contribution < -0.4 is 10.6 Å². The number of hydrogen-bond donors (Lipinski definition) is 3. The molecule has 34 heavy (non-hydrogen) atoms. The number of nitrogens with one attached hydrogen (secondary N) is 2. The van der Waals surface area contributed by atoms with Crippen LogP contribution >= 0.6 is 0 Å². The van der Waals surface area contributed by atoms with Crippen molar-refractivity contribution in [2.24, 2.45) is 0 Å². The van der Waals surface area contributed by atoms with Crippen LogP contribution in [0.5, 0.6) is 0 Å². The molecule has 2 saturated carbocycles. The van der Waals surface area contributed by atoms with Gasteiger partial charge in [-0.15, -0.1) is 0 Å². The zero-order valence-electron chi connectivity index (χ0n) is 21.2. The second-order valence-corrected chi connectivity index (χ2v) is 10.4. The minimum absolute atomic E-state index is 0.184. The number of ether oxygens (including phenoxy) is 1. The van der Waals surface area contributed by atoms with Crippen LogP contribution in [0.4, 0.5) is 4.79 Å². The van der Waals surface area contributed by atoms with E-state index in [-0.39, 0.29) is 6.42 Å². The van der Waals surface area contributed by atoms with Crippen LogP contribution in [0.1, 0.15) is 97.0 Å². The van der Waals surface area contributed by atoms with Crippen molar-refractivity contribution in [1.29, 1.82) is 0 Å². The first-order chi connectivity index (χ1) is 16.2. The fourth-order valence-electron chi connectivity index (χ4n) is 4.45. The molecule has 2 aliphatic carbocycles. The average Bonchev–Trinajstić information content (AvgIpc) is 2.80. The standard InChI is InChI=1S/C16H21NO4.C12H23N/c1-16(2,3)21-15(20)17-13(14(18)19)11-7-10-12-8-5-4-6-9-12;1-3-7-11(8-4-1)13-12-9-5-2-6-10-12/h4-10,13H,11H2,1-3H3,(H,17,20)(H,18,19);11-13H,1-10H2/t13-;/m0./s1. The van der Waals surface area contributed by atoms with Gasteiger partial charge in [0.15, 0.2) is 0 Å². The molecule has 6 heteroatoms. The van der Waals surface area contributed by atoms with E-state index in [0.717, 1.165) is 17.6 Å². The molecule has 1 aromatic rings. The van der Waals surface area contributed by atoms with Gasteiger partial charge in [-0.2, -0.15) is 0 Å². The zero-order chi connectivity index (χ0) is 24.8. The SMILES string of the molecule is C1CCC(NC2CCCCC2)CC1.CC(C)(C)OC(=O)N[C@@H](CC=Cc1ccccc1)C(=O)O. The summed E-state index contributed by atoms with van der Waals surface area (Å²) in [6.45, 7) is 5.16. The molecule has 0 aliphatic heterocycles. The molecule has 6 nitrogen and oxygen atoms in total. The number of carbonyl (C=O) groups excluding carboxylic acids is 1.